The molecular weight excluding hydrogens is 330 g/mol. The van der Waals surface area contributed by atoms with Crippen LogP contribution in [0.25, 0.3) is 0 Å². The van der Waals surface area contributed by atoms with Crippen LogP contribution in [0.1, 0.15) is 41.7 Å². The molecule has 1 atom stereocenters. The summed E-state index contributed by atoms with van der Waals surface area (Å²) in [5.74, 6) is 0.483. The van der Waals surface area contributed by atoms with Gasteiger partial charge in [-0.05, 0) is 49.6 Å². The van der Waals surface area contributed by atoms with Crippen LogP contribution in [-0.4, -0.2) is 30.0 Å². The number of ether oxygens (including phenoxy) is 1. The molecule has 1 fully saturated rings. The summed E-state index contributed by atoms with van der Waals surface area (Å²) in [7, 11) is 0. The maximum Gasteiger partial charge on any atom is 0.336 e. The predicted octanol–water partition coefficient (Wildman–Crippen LogP) is 3.28. The Kier molecular flexibility index (Phi) is 5.73. The third kappa shape index (κ3) is 4.14. The van der Waals surface area contributed by atoms with Crippen molar-refractivity contribution in [2.75, 3.05) is 13.2 Å². The minimum Gasteiger partial charge on any atom is -0.494 e. The van der Waals surface area contributed by atoms with Crippen molar-refractivity contribution in [3.63, 3.8) is 0 Å². The number of hydrazine groups is 1. The lowest BCUT2D eigenvalue weighted by Crippen LogP contribution is -2.48. The third-order valence-electron chi connectivity index (χ3n) is 4.41. The second kappa shape index (κ2) is 8.38. The van der Waals surface area contributed by atoms with Gasteiger partial charge in [-0.15, -0.1) is 0 Å². The number of carbonyl (C=O) groups excluding carboxylic acids is 2. The first-order valence-corrected chi connectivity index (χ1v) is 8.84. The Morgan fingerprint density at radius 3 is 2.50 bits per heavy atom. The SMILES string of the molecule is CCOc1ccc(C2CCCN2C(=O)NNC(=O)c2ccccc2)cc1. The molecule has 0 radical (unpaired) electrons. The van der Waals surface area contributed by atoms with Gasteiger partial charge in [-0.1, -0.05) is 30.3 Å². The average Bonchev–Trinajstić information content (AvgIpc) is 3.17. The van der Waals surface area contributed by atoms with E-state index in [4.69, 9.17) is 4.74 Å². The number of likely N-dealkylation sites (tertiary alicyclic amines) is 1. The van der Waals surface area contributed by atoms with Crippen LogP contribution >= 0.6 is 0 Å². The van der Waals surface area contributed by atoms with Gasteiger partial charge in [0.15, 0.2) is 0 Å². The van der Waals surface area contributed by atoms with Gasteiger partial charge < -0.3 is 9.64 Å². The largest absolute Gasteiger partial charge is 0.494 e. The Morgan fingerprint density at radius 1 is 1.08 bits per heavy atom. The van der Waals surface area contributed by atoms with Gasteiger partial charge >= 0.3 is 6.03 Å². The molecule has 0 aromatic heterocycles. The average molecular weight is 353 g/mol. The molecule has 0 aliphatic carbocycles. The van der Waals surface area contributed by atoms with Gasteiger partial charge in [0.2, 0.25) is 0 Å². The molecule has 26 heavy (non-hydrogen) atoms. The minimum absolute atomic E-state index is 0.000645. The molecule has 1 saturated heterocycles. The molecule has 2 aromatic rings. The molecule has 1 aliphatic rings. The van der Waals surface area contributed by atoms with E-state index >= 15 is 0 Å². The summed E-state index contributed by atoms with van der Waals surface area (Å²) in [5, 5.41) is 0. The second-order valence-corrected chi connectivity index (χ2v) is 6.10. The number of urea groups is 1. The van der Waals surface area contributed by atoms with E-state index in [0.717, 1.165) is 24.2 Å². The molecule has 3 amide bonds. The summed E-state index contributed by atoms with van der Waals surface area (Å²) in [6, 6.07) is 16.3. The molecular formula is C20H23N3O3. The zero-order valence-electron chi connectivity index (χ0n) is 14.8. The van der Waals surface area contributed by atoms with Gasteiger partial charge in [-0.3, -0.25) is 10.2 Å². The first kappa shape index (κ1) is 17.8. The van der Waals surface area contributed by atoms with E-state index in [9.17, 15) is 9.59 Å². The van der Waals surface area contributed by atoms with Crippen molar-refractivity contribution in [2.24, 2.45) is 0 Å². The Labute approximate surface area is 153 Å². The van der Waals surface area contributed by atoms with Gasteiger partial charge in [-0.2, -0.15) is 0 Å². The molecule has 136 valence electrons. The van der Waals surface area contributed by atoms with Gasteiger partial charge in [-0.25, -0.2) is 10.2 Å². The highest BCUT2D eigenvalue weighted by Crippen LogP contribution is 2.32. The van der Waals surface area contributed by atoms with Crippen LogP contribution in [0.15, 0.2) is 54.6 Å². The van der Waals surface area contributed by atoms with E-state index in [1.807, 2.05) is 37.3 Å². The minimum atomic E-state index is -0.337. The third-order valence-corrected chi connectivity index (χ3v) is 4.41. The second-order valence-electron chi connectivity index (χ2n) is 6.10. The predicted molar refractivity (Wildman–Crippen MR) is 98.7 cm³/mol. The number of rotatable bonds is 4. The van der Waals surface area contributed by atoms with Gasteiger partial charge in [0.05, 0.1) is 12.6 Å². The monoisotopic (exact) mass is 353 g/mol. The summed E-state index contributed by atoms with van der Waals surface area (Å²) in [4.78, 5) is 26.3. The number of carbonyl (C=O) groups is 2. The summed E-state index contributed by atoms with van der Waals surface area (Å²) < 4.78 is 5.46. The van der Waals surface area contributed by atoms with Gasteiger partial charge in [0.1, 0.15) is 5.75 Å². The van der Waals surface area contributed by atoms with Crippen LogP contribution in [-0.2, 0) is 0 Å². The van der Waals surface area contributed by atoms with Gasteiger partial charge in [0.25, 0.3) is 5.91 Å². The molecule has 6 nitrogen and oxygen atoms in total. The summed E-state index contributed by atoms with van der Waals surface area (Å²) >= 11 is 0. The molecule has 1 heterocycles. The van der Waals surface area contributed by atoms with Crippen molar-refractivity contribution < 1.29 is 14.3 Å². The van der Waals surface area contributed by atoms with E-state index in [-0.39, 0.29) is 18.0 Å². The first-order valence-electron chi connectivity index (χ1n) is 8.84. The van der Waals surface area contributed by atoms with Crippen LogP contribution in [0.2, 0.25) is 0 Å². The summed E-state index contributed by atoms with van der Waals surface area (Å²) in [5.41, 5.74) is 6.55. The molecule has 0 bridgehead atoms. The van der Waals surface area contributed by atoms with E-state index in [1.54, 1.807) is 29.2 Å². The molecule has 2 N–H and O–H groups in total. The quantitative estimate of drug-likeness (QED) is 0.829. The number of benzene rings is 2. The smallest absolute Gasteiger partial charge is 0.336 e. The number of nitrogens with zero attached hydrogens (tertiary/aromatic N) is 1. The fourth-order valence-electron chi connectivity index (χ4n) is 3.15. The molecule has 1 aliphatic heterocycles. The zero-order chi connectivity index (χ0) is 18.4. The fourth-order valence-corrected chi connectivity index (χ4v) is 3.15. The maximum absolute atomic E-state index is 12.5. The molecule has 2 aromatic carbocycles. The number of hydrogen-bond donors (Lipinski definition) is 2. The van der Waals surface area contributed by atoms with E-state index in [2.05, 4.69) is 10.9 Å². The topological polar surface area (TPSA) is 70.7 Å². The van der Waals surface area contributed by atoms with Crippen LogP contribution in [0, 0.1) is 0 Å². The number of hydrogen-bond acceptors (Lipinski definition) is 3. The highest BCUT2D eigenvalue weighted by Gasteiger charge is 2.30. The lowest BCUT2D eigenvalue weighted by Gasteiger charge is -2.25. The molecule has 0 saturated carbocycles. The highest BCUT2D eigenvalue weighted by molar-refractivity contribution is 5.95. The standard InChI is InChI=1S/C20H23N3O3/c1-2-26-17-12-10-15(11-13-17)18-9-6-14-23(18)20(25)22-21-19(24)16-7-4-3-5-8-16/h3-5,7-8,10-13,18H,2,6,9,14H2,1H3,(H,21,24)(H,22,25). The van der Waals surface area contributed by atoms with Gasteiger partial charge in [0, 0.05) is 12.1 Å². The Balaban J connectivity index is 1.60. The van der Waals surface area contributed by atoms with Crippen molar-refractivity contribution >= 4 is 11.9 Å². The van der Waals surface area contributed by atoms with Crippen LogP contribution < -0.4 is 15.6 Å². The van der Waals surface area contributed by atoms with Crippen molar-refractivity contribution in [3.8, 4) is 5.75 Å². The van der Waals surface area contributed by atoms with Crippen molar-refractivity contribution in [2.45, 2.75) is 25.8 Å². The lowest BCUT2D eigenvalue weighted by molar-refractivity contribution is 0.0929. The number of nitrogens with one attached hydrogen (secondary N) is 2. The maximum atomic E-state index is 12.5. The molecule has 6 heteroatoms. The van der Waals surface area contributed by atoms with Crippen molar-refractivity contribution in [1.29, 1.82) is 0 Å². The van der Waals surface area contributed by atoms with E-state index in [0.29, 0.717) is 18.7 Å². The Hall–Kier alpha value is -3.02. The zero-order valence-corrected chi connectivity index (χ0v) is 14.8. The summed E-state index contributed by atoms with van der Waals surface area (Å²) in [6.45, 7) is 3.23. The number of amides is 3. The van der Waals surface area contributed by atoms with Crippen LogP contribution in [0.3, 0.4) is 0 Å². The fraction of sp³-hybridized carbons (Fsp3) is 0.300. The highest BCUT2D eigenvalue weighted by atomic mass is 16.5. The summed E-state index contributed by atoms with van der Waals surface area (Å²) in [6.07, 6.45) is 1.83. The van der Waals surface area contributed by atoms with Crippen LogP contribution in [0.4, 0.5) is 4.79 Å². The van der Waals surface area contributed by atoms with Crippen LogP contribution in [0.5, 0.6) is 5.75 Å². The molecule has 0 spiro atoms. The normalized spacial score (nSPS) is 16.2. The van der Waals surface area contributed by atoms with Crippen molar-refractivity contribution in [1.82, 2.24) is 15.8 Å². The Bertz CT molecular complexity index is 747. The van der Waals surface area contributed by atoms with E-state index in [1.165, 1.54) is 0 Å². The first-order chi connectivity index (χ1) is 12.7. The lowest BCUT2D eigenvalue weighted by atomic mass is 10.0. The molecule has 1 unspecified atom stereocenters. The van der Waals surface area contributed by atoms with E-state index < -0.39 is 0 Å². The van der Waals surface area contributed by atoms with Crippen molar-refractivity contribution in [3.05, 3.63) is 65.7 Å². The molecule has 3 rings (SSSR count). The Morgan fingerprint density at radius 2 is 1.81 bits per heavy atom.